The molecule has 10 aromatic rings. The van der Waals surface area contributed by atoms with Crippen molar-refractivity contribution in [3.8, 4) is 56.2 Å². The largest absolute Gasteiger partial charge is 0.228 e. The highest BCUT2D eigenvalue weighted by molar-refractivity contribution is 6.05. The molecular formula is C55H36N2. The van der Waals surface area contributed by atoms with Crippen LogP contribution in [0, 0.1) is 0 Å². The summed E-state index contributed by atoms with van der Waals surface area (Å²) in [5.41, 5.74) is 14.5. The van der Waals surface area contributed by atoms with Gasteiger partial charge in [0.05, 0.1) is 16.8 Å². The van der Waals surface area contributed by atoms with Crippen LogP contribution in [0.15, 0.2) is 218 Å². The molecule has 0 atom stereocenters. The van der Waals surface area contributed by atoms with Crippen LogP contribution < -0.4 is 0 Å². The SMILES string of the molecule is c1ccc(-c2cc(-c3ccccc3)nc(-c3ccc(-c4ccc5c(c4)-c4cc6ccccc6cc4C5(c4ccccc4)c4ccccc4)c4ccccc34)n2)cc1. The Kier molecular flexibility index (Phi) is 7.75. The molecule has 0 amide bonds. The van der Waals surface area contributed by atoms with Gasteiger partial charge in [0.15, 0.2) is 5.82 Å². The molecule has 2 nitrogen and oxygen atoms in total. The summed E-state index contributed by atoms with van der Waals surface area (Å²) in [5.74, 6) is 0.711. The number of fused-ring (bicyclic) bond motifs is 5. The first-order valence-corrected chi connectivity index (χ1v) is 19.6. The number of rotatable bonds is 6. The van der Waals surface area contributed by atoms with E-state index in [-0.39, 0.29) is 0 Å². The lowest BCUT2D eigenvalue weighted by Gasteiger charge is -2.34. The molecule has 0 fully saturated rings. The monoisotopic (exact) mass is 724 g/mol. The zero-order valence-corrected chi connectivity index (χ0v) is 31.2. The second-order valence-corrected chi connectivity index (χ2v) is 14.9. The molecule has 57 heavy (non-hydrogen) atoms. The first-order valence-electron chi connectivity index (χ1n) is 19.6. The third-order valence-electron chi connectivity index (χ3n) is 11.8. The van der Waals surface area contributed by atoms with E-state index in [9.17, 15) is 0 Å². The fourth-order valence-corrected chi connectivity index (χ4v) is 9.17. The van der Waals surface area contributed by atoms with Crippen molar-refractivity contribution in [3.05, 3.63) is 241 Å². The van der Waals surface area contributed by atoms with E-state index in [1.165, 1.54) is 60.7 Å². The molecule has 0 aliphatic heterocycles. The van der Waals surface area contributed by atoms with Crippen LogP contribution in [0.3, 0.4) is 0 Å². The molecule has 1 aliphatic rings. The summed E-state index contributed by atoms with van der Waals surface area (Å²) in [6.07, 6.45) is 0. The van der Waals surface area contributed by atoms with E-state index in [1.54, 1.807) is 0 Å². The minimum Gasteiger partial charge on any atom is -0.228 e. The van der Waals surface area contributed by atoms with Gasteiger partial charge in [0.2, 0.25) is 0 Å². The van der Waals surface area contributed by atoms with Crippen LogP contribution in [0.5, 0.6) is 0 Å². The number of aromatic nitrogens is 2. The van der Waals surface area contributed by atoms with Gasteiger partial charge in [0, 0.05) is 16.7 Å². The van der Waals surface area contributed by atoms with Crippen molar-refractivity contribution in [2.45, 2.75) is 5.41 Å². The van der Waals surface area contributed by atoms with Gasteiger partial charge < -0.3 is 0 Å². The van der Waals surface area contributed by atoms with E-state index in [4.69, 9.17) is 9.97 Å². The Morgan fingerprint density at radius 1 is 0.298 bits per heavy atom. The molecule has 2 heteroatoms. The lowest BCUT2D eigenvalue weighted by Crippen LogP contribution is -2.28. The van der Waals surface area contributed by atoms with Gasteiger partial charge in [-0.05, 0) is 96.4 Å². The Labute approximate surface area is 332 Å². The second-order valence-electron chi connectivity index (χ2n) is 14.9. The Morgan fingerprint density at radius 2 is 0.772 bits per heavy atom. The van der Waals surface area contributed by atoms with Crippen LogP contribution in [0.2, 0.25) is 0 Å². The first-order chi connectivity index (χ1) is 28.3. The Bertz CT molecular complexity index is 3000. The topological polar surface area (TPSA) is 25.8 Å². The predicted octanol–water partition coefficient (Wildman–Crippen LogP) is 13.8. The first kappa shape index (κ1) is 33.0. The minimum atomic E-state index is -0.473. The predicted molar refractivity (Wildman–Crippen MR) is 236 cm³/mol. The average molecular weight is 725 g/mol. The third-order valence-corrected chi connectivity index (χ3v) is 11.8. The van der Waals surface area contributed by atoms with Crippen molar-refractivity contribution >= 4 is 21.5 Å². The molecule has 0 bridgehead atoms. The van der Waals surface area contributed by atoms with Crippen LogP contribution in [-0.4, -0.2) is 9.97 Å². The van der Waals surface area contributed by atoms with E-state index in [2.05, 4.69) is 206 Å². The van der Waals surface area contributed by atoms with Crippen molar-refractivity contribution in [2.24, 2.45) is 0 Å². The maximum absolute atomic E-state index is 5.21. The van der Waals surface area contributed by atoms with Crippen molar-refractivity contribution in [1.82, 2.24) is 9.97 Å². The van der Waals surface area contributed by atoms with Crippen LogP contribution in [0.4, 0.5) is 0 Å². The zero-order valence-electron chi connectivity index (χ0n) is 31.2. The number of hydrogen-bond acceptors (Lipinski definition) is 2. The molecule has 1 aromatic heterocycles. The summed E-state index contributed by atoms with van der Waals surface area (Å²) in [6, 6.07) is 78.8. The van der Waals surface area contributed by atoms with E-state index >= 15 is 0 Å². The van der Waals surface area contributed by atoms with E-state index in [0.717, 1.165) is 33.5 Å². The van der Waals surface area contributed by atoms with Crippen LogP contribution >= 0.6 is 0 Å². The molecule has 0 saturated heterocycles. The van der Waals surface area contributed by atoms with Gasteiger partial charge in [-0.3, -0.25) is 0 Å². The van der Waals surface area contributed by atoms with Gasteiger partial charge >= 0.3 is 0 Å². The fraction of sp³-hybridized carbons (Fsp3) is 0.0182. The van der Waals surface area contributed by atoms with E-state index in [0.29, 0.717) is 5.82 Å². The molecule has 0 saturated carbocycles. The summed E-state index contributed by atoms with van der Waals surface area (Å²) >= 11 is 0. The van der Waals surface area contributed by atoms with Gasteiger partial charge in [-0.2, -0.15) is 0 Å². The summed E-state index contributed by atoms with van der Waals surface area (Å²) in [4.78, 5) is 10.4. The highest BCUT2D eigenvalue weighted by Crippen LogP contribution is 2.57. The van der Waals surface area contributed by atoms with Gasteiger partial charge in [0.25, 0.3) is 0 Å². The zero-order chi connectivity index (χ0) is 37.8. The molecule has 0 spiro atoms. The molecule has 0 radical (unpaired) electrons. The summed E-state index contributed by atoms with van der Waals surface area (Å²) in [7, 11) is 0. The Balaban J connectivity index is 1.13. The smallest absolute Gasteiger partial charge is 0.161 e. The lowest BCUT2D eigenvalue weighted by atomic mass is 9.67. The maximum atomic E-state index is 5.21. The molecule has 0 N–H and O–H groups in total. The molecular weight excluding hydrogens is 689 g/mol. The van der Waals surface area contributed by atoms with Gasteiger partial charge in [0.1, 0.15) is 0 Å². The summed E-state index contributed by atoms with van der Waals surface area (Å²) in [6.45, 7) is 0. The van der Waals surface area contributed by atoms with Crippen molar-refractivity contribution < 1.29 is 0 Å². The summed E-state index contributed by atoms with van der Waals surface area (Å²) < 4.78 is 0. The molecule has 9 aromatic carbocycles. The molecule has 11 rings (SSSR count). The van der Waals surface area contributed by atoms with Crippen molar-refractivity contribution in [1.29, 1.82) is 0 Å². The highest BCUT2D eigenvalue weighted by Gasteiger charge is 2.46. The third kappa shape index (κ3) is 5.33. The average Bonchev–Trinajstić information content (AvgIpc) is 3.58. The van der Waals surface area contributed by atoms with Crippen LogP contribution in [0.1, 0.15) is 22.3 Å². The molecule has 1 heterocycles. The second kappa shape index (κ2) is 13.4. The highest BCUT2D eigenvalue weighted by atomic mass is 14.9. The molecule has 1 aliphatic carbocycles. The van der Waals surface area contributed by atoms with Crippen molar-refractivity contribution in [3.63, 3.8) is 0 Å². The van der Waals surface area contributed by atoms with Gasteiger partial charge in [-0.25, -0.2) is 9.97 Å². The Morgan fingerprint density at radius 3 is 1.37 bits per heavy atom. The van der Waals surface area contributed by atoms with Crippen LogP contribution in [-0.2, 0) is 5.41 Å². The van der Waals surface area contributed by atoms with Gasteiger partial charge in [-0.1, -0.05) is 188 Å². The number of hydrogen-bond donors (Lipinski definition) is 0. The standard InChI is InChI=1S/C55H36N2/c1-5-17-37(18-6-1)52-36-53(38-19-7-2-8-20-38)57-54(56-52)47-31-30-44(45-27-15-16-28-46(45)47)41-29-32-50-48(34-41)49-33-39-21-13-14-22-40(39)35-51(49)55(50,42-23-9-3-10-24-42)43-25-11-4-12-26-43/h1-36H. The normalized spacial score (nSPS) is 12.7. The molecule has 266 valence electrons. The van der Waals surface area contributed by atoms with Crippen molar-refractivity contribution in [2.75, 3.05) is 0 Å². The fourth-order valence-electron chi connectivity index (χ4n) is 9.17. The number of nitrogens with zero attached hydrogens (tertiary/aromatic N) is 2. The maximum Gasteiger partial charge on any atom is 0.161 e. The van der Waals surface area contributed by atoms with Crippen LogP contribution in [0.25, 0.3) is 77.7 Å². The quantitative estimate of drug-likeness (QED) is 0.171. The Hall–Kier alpha value is -7.42. The lowest BCUT2D eigenvalue weighted by molar-refractivity contribution is 0.769. The summed E-state index contributed by atoms with van der Waals surface area (Å²) in [5, 5.41) is 4.77. The number of benzene rings is 9. The minimum absolute atomic E-state index is 0.473. The van der Waals surface area contributed by atoms with E-state index < -0.39 is 5.41 Å². The van der Waals surface area contributed by atoms with Gasteiger partial charge in [-0.15, -0.1) is 0 Å². The molecule has 0 unspecified atom stereocenters. The van der Waals surface area contributed by atoms with E-state index in [1.807, 2.05) is 12.1 Å².